The average molecular weight is 544 g/mol. The van der Waals surface area contributed by atoms with Crippen molar-refractivity contribution in [2.75, 3.05) is 51.2 Å². The molecule has 38 heavy (non-hydrogen) atoms. The molecule has 0 bridgehead atoms. The first-order valence-electron chi connectivity index (χ1n) is 11.1. The minimum Gasteiger partial charge on any atom is -0.462 e. The molecule has 208 valence electrons. The Morgan fingerprint density at radius 1 is 1.13 bits per heavy atom. The molecule has 3 N–H and O–H groups in total. The zero-order chi connectivity index (χ0) is 30.7. The highest BCUT2D eigenvalue weighted by atomic mass is 32.2. The molecule has 1 aromatic rings. The first-order chi connectivity index (χ1) is 18.0. The molecule has 10 heteroatoms. The van der Waals surface area contributed by atoms with Gasteiger partial charge in [0.1, 0.15) is 11.6 Å². The van der Waals surface area contributed by atoms with E-state index >= 15 is 0 Å². The van der Waals surface area contributed by atoms with Crippen LogP contribution in [0.2, 0.25) is 0 Å². The third-order valence-corrected chi connectivity index (χ3v) is 4.77. The van der Waals surface area contributed by atoms with Gasteiger partial charge in [0.05, 0.1) is 18.1 Å². The molecule has 2 amide bonds. The largest absolute Gasteiger partial charge is 0.462 e. The third-order valence-electron chi connectivity index (χ3n) is 4.09. The molecule has 1 aromatic carbocycles. The number of carbonyl (C=O) groups excluding carboxylic acids is 3. The lowest BCUT2D eigenvalue weighted by molar-refractivity contribution is -0.138. The highest BCUT2D eigenvalue weighted by molar-refractivity contribution is 8.03. The summed E-state index contributed by atoms with van der Waals surface area (Å²) in [6.07, 6.45) is 17.8. The van der Waals surface area contributed by atoms with Crippen LogP contribution in [0, 0.1) is 37.0 Å². The number of ether oxygens (including phenoxy) is 1. The summed E-state index contributed by atoms with van der Waals surface area (Å²) >= 11 is 1.35. The molecule has 0 saturated carbocycles. The van der Waals surface area contributed by atoms with Crippen molar-refractivity contribution >= 4 is 40.9 Å². The van der Waals surface area contributed by atoms with Gasteiger partial charge in [-0.3, -0.25) is 14.5 Å². The second-order valence-electron chi connectivity index (χ2n) is 6.91. The highest BCUT2D eigenvalue weighted by Crippen LogP contribution is 2.14. The molecular weight excluding hydrogens is 502 g/mol. The van der Waals surface area contributed by atoms with Gasteiger partial charge in [-0.05, 0) is 52.3 Å². The van der Waals surface area contributed by atoms with Gasteiger partial charge in [0.2, 0.25) is 5.91 Å². The van der Waals surface area contributed by atoms with E-state index in [1.807, 2.05) is 49.5 Å². The van der Waals surface area contributed by atoms with Gasteiger partial charge in [-0.2, -0.15) is 5.26 Å². The van der Waals surface area contributed by atoms with Crippen molar-refractivity contribution in [3.63, 3.8) is 0 Å². The Kier molecular flexibility index (Phi) is 29.6. The molecule has 0 heterocycles. The quantitative estimate of drug-likeness (QED) is 0.186. The molecule has 0 atom stereocenters. The van der Waals surface area contributed by atoms with Crippen LogP contribution in [0.3, 0.4) is 0 Å². The third kappa shape index (κ3) is 22.3. The maximum Gasteiger partial charge on any atom is 0.348 e. The van der Waals surface area contributed by atoms with Crippen LogP contribution in [0.5, 0.6) is 0 Å². The number of anilines is 2. The van der Waals surface area contributed by atoms with E-state index < -0.39 is 5.97 Å². The Labute approximate surface area is 233 Å². The number of terminal acetylenes is 2. The summed E-state index contributed by atoms with van der Waals surface area (Å²) in [6.45, 7) is 13.1. The average Bonchev–Trinajstić information content (AvgIpc) is 2.94. The zero-order valence-corrected chi connectivity index (χ0v) is 24.3. The number of carbonyl (C=O) groups is 3. The number of hydrogen-bond donors (Lipinski definition) is 3. The lowest BCUT2D eigenvalue weighted by atomic mass is 10.2. The molecule has 0 saturated heterocycles. The van der Waals surface area contributed by atoms with Crippen LogP contribution in [0.25, 0.3) is 0 Å². The van der Waals surface area contributed by atoms with Gasteiger partial charge >= 0.3 is 5.97 Å². The van der Waals surface area contributed by atoms with Gasteiger partial charge in [0.25, 0.3) is 5.91 Å². The highest BCUT2D eigenvalue weighted by Gasteiger charge is 2.09. The minimum absolute atomic E-state index is 0.00875. The molecule has 0 fully saturated rings. The molecular formula is C28H41N5O4S. The van der Waals surface area contributed by atoms with Crippen molar-refractivity contribution in [2.24, 2.45) is 0 Å². The molecule has 0 spiro atoms. The van der Waals surface area contributed by atoms with E-state index in [4.69, 9.17) is 5.26 Å². The number of likely N-dealkylation sites (N-methyl/N-ethyl adjacent to an activating group) is 2. The number of nitrogens with zero attached hydrogens (tertiary/aromatic N) is 2. The van der Waals surface area contributed by atoms with Crippen LogP contribution in [-0.2, 0) is 19.1 Å². The van der Waals surface area contributed by atoms with Crippen LogP contribution >= 0.6 is 11.8 Å². The van der Waals surface area contributed by atoms with Crippen molar-refractivity contribution in [1.29, 1.82) is 5.26 Å². The molecule has 0 aliphatic carbocycles. The molecule has 0 unspecified atom stereocenters. The number of benzene rings is 1. The van der Waals surface area contributed by atoms with Gasteiger partial charge < -0.3 is 20.7 Å². The standard InChI is InChI=1S/C13H21N3O.C6H7NO2.C5H9NOS.2C2H2/c1-10(2)16(4)9-13(17)15-12-7-5-6-11(8-12)14-3;1-3-9-6(8)5(2)4-7;1-4(8-3)5(7)6-2;2*1-2/h5-8,10,14H,9H2,1-4H3,(H,15,17);2-3H2,1H3;1H2,2-3H3,(H,6,7);2*1-2H. The second-order valence-corrected chi connectivity index (χ2v) is 7.81. The van der Waals surface area contributed by atoms with E-state index in [0.717, 1.165) is 11.4 Å². The minimum atomic E-state index is -0.639. The lowest BCUT2D eigenvalue weighted by Crippen LogP contribution is -2.34. The maximum atomic E-state index is 11.8. The summed E-state index contributed by atoms with van der Waals surface area (Å²) in [5.74, 6) is -0.730. The molecule has 0 aliphatic rings. The summed E-state index contributed by atoms with van der Waals surface area (Å²) in [6, 6.07) is 9.60. The van der Waals surface area contributed by atoms with Gasteiger partial charge in [-0.1, -0.05) is 19.2 Å². The first kappa shape index (κ1) is 41.0. The van der Waals surface area contributed by atoms with Crippen LogP contribution in [0.15, 0.2) is 47.9 Å². The number of hydrogen-bond acceptors (Lipinski definition) is 8. The van der Waals surface area contributed by atoms with E-state index in [0.29, 0.717) is 17.5 Å². The predicted molar refractivity (Wildman–Crippen MR) is 160 cm³/mol. The molecule has 0 radical (unpaired) electrons. The summed E-state index contributed by atoms with van der Waals surface area (Å²) in [7, 11) is 5.38. The molecule has 1 rings (SSSR count). The number of thioether (sulfide) groups is 1. The molecule has 0 aliphatic heterocycles. The Hall–Kier alpha value is -4.17. The Morgan fingerprint density at radius 3 is 2.03 bits per heavy atom. The van der Waals surface area contributed by atoms with Crippen molar-refractivity contribution in [1.82, 2.24) is 10.2 Å². The maximum absolute atomic E-state index is 11.8. The smallest absolute Gasteiger partial charge is 0.348 e. The van der Waals surface area contributed by atoms with Gasteiger partial charge in [0.15, 0.2) is 0 Å². The van der Waals surface area contributed by atoms with Crippen LogP contribution < -0.4 is 16.0 Å². The van der Waals surface area contributed by atoms with Crippen molar-refractivity contribution in [3.8, 4) is 31.8 Å². The Bertz CT molecular complexity index is 929. The lowest BCUT2D eigenvalue weighted by Gasteiger charge is -2.20. The van der Waals surface area contributed by atoms with Crippen molar-refractivity contribution in [2.45, 2.75) is 26.8 Å². The van der Waals surface area contributed by atoms with Crippen LogP contribution in [0.1, 0.15) is 20.8 Å². The number of nitrogens with one attached hydrogen (secondary N) is 3. The normalized spacial score (nSPS) is 8.42. The van der Waals surface area contributed by atoms with Crippen molar-refractivity contribution in [3.05, 3.63) is 47.9 Å². The predicted octanol–water partition coefficient (Wildman–Crippen LogP) is 3.74. The number of amides is 2. The van der Waals surface area contributed by atoms with Gasteiger partial charge in [-0.15, -0.1) is 37.5 Å². The Balaban J connectivity index is -0.000000234. The summed E-state index contributed by atoms with van der Waals surface area (Å²) in [4.78, 5) is 35.2. The number of nitriles is 1. The molecule has 9 nitrogen and oxygen atoms in total. The molecule has 0 aromatic heterocycles. The van der Waals surface area contributed by atoms with E-state index in [9.17, 15) is 14.4 Å². The van der Waals surface area contributed by atoms with E-state index in [2.05, 4.69) is 73.4 Å². The van der Waals surface area contributed by atoms with Gasteiger partial charge in [-0.25, -0.2) is 4.79 Å². The van der Waals surface area contributed by atoms with E-state index in [1.165, 1.54) is 11.8 Å². The summed E-state index contributed by atoms with van der Waals surface area (Å²) < 4.78 is 4.43. The van der Waals surface area contributed by atoms with E-state index in [-0.39, 0.29) is 24.0 Å². The SMILES string of the molecule is C#C.C#C.C=C(C#N)C(=O)OCC.C=C(SC)C(=O)NC.CNc1cccc(NC(=O)CN(C)C(C)C)c1. The second kappa shape index (κ2) is 27.4. The van der Waals surface area contributed by atoms with Gasteiger partial charge in [0, 0.05) is 31.5 Å². The fourth-order valence-electron chi connectivity index (χ4n) is 1.86. The van der Waals surface area contributed by atoms with Crippen LogP contribution in [0.4, 0.5) is 11.4 Å². The topological polar surface area (TPSA) is 124 Å². The van der Waals surface area contributed by atoms with Crippen molar-refractivity contribution < 1.29 is 19.1 Å². The summed E-state index contributed by atoms with van der Waals surface area (Å²) in [5, 5.41) is 16.5. The first-order valence-corrected chi connectivity index (χ1v) is 12.3. The fourth-order valence-corrected chi connectivity index (χ4v) is 2.15. The van der Waals surface area contributed by atoms with Crippen LogP contribution in [-0.4, -0.2) is 69.3 Å². The monoisotopic (exact) mass is 543 g/mol. The summed E-state index contributed by atoms with van der Waals surface area (Å²) in [5.41, 5.74) is 1.65. The fraction of sp³-hybridized carbons (Fsp3) is 0.357. The van der Waals surface area contributed by atoms with E-state index in [1.54, 1.807) is 20.0 Å². The zero-order valence-electron chi connectivity index (χ0n) is 23.5. The number of rotatable bonds is 9. The Morgan fingerprint density at radius 2 is 1.66 bits per heavy atom. The number of esters is 1.